The van der Waals surface area contributed by atoms with E-state index in [9.17, 15) is 13.2 Å². The van der Waals surface area contributed by atoms with E-state index in [0.29, 0.717) is 18.5 Å². The average molecular weight is 447 g/mol. The molecule has 1 aromatic heterocycles. The highest BCUT2D eigenvalue weighted by atomic mass is 32.2. The lowest BCUT2D eigenvalue weighted by Gasteiger charge is -2.30. The van der Waals surface area contributed by atoms with Gasteiger partial charge in [0.25, 0.3) is 0 Å². The first kappa shape index (κ1) is 23.0. The van der Waals surface area contributed by atoms with E-state index in [4.69, 9.17) is 4.52 Å². The van der Waals surface area contributed by atoms with Crippen molar-refractivity contribution in [3.63, 3.8) is 0 Å². The zero-order valence-corrected chi connectivity index (χ0v) is 19.3. The maximum absolute atomic E-state index is 13.2. The number of nitrogens with zero attached hydrogens (tertiary/aromatic N) is 3. The standard InChI is InChI=1S/C22H30N4O4S/c1-5-17-6-8-19(9-7-17)23-22(27)18-10-14-26(15-11-18)31(28,29)21-16(2)24-30-20(21)12-13-25(3)4/h6-9,12-13,18H,5,10-11,14-15H2,1-4H3,(H,23,27)/b13-12+. The van der Waals surface area contributed by atoms with Crippen molar-refractivity contribution in [2.45, 2.75) is 38.0 Å². The zero-order chi connectivity index (χ0) is 22.6. The van der Waals surface area contributed by atoms with Crippen LogP contribution in [0, 0.1) is 12.8 Å². The van der Waals surface area contributed by atoms with E-state index >= 15 is 0 Å². The highest BCUT2D eigenvalue weighted by Gasteiger charge is 2.35. The molecule has 1 amide bonds. The topological polar surface area (TPSA) is 95.8 Å². The molecule has 0 atom stereocenters. The minimum Gasteiger partial charge on any atom is -0.383 e. The predicted octanol–water partition coefficient (Wildman–Crippen LogP) is 3.12. The summed E-state index contributed by atoms with van der Waals surface area (Å²) in [6.45, 7) is 4.25. The van der Waals surface area contributed by atoms with Gasteiger partial charge in [0.05, 0.1) is 0 Å². The Kier molecular flexibility index (Phi) is 7.17. The highest BCUT2D eigenvalue weighted by Crippen LogP contribution is 2.29. The fourth-order valence-corrected chi connectivity index (χ4v) is 5.29. The van der Waals surface area contributed by atoms with Crippen molar-refractivity contribution in [3.8, 4) is 0 Å². The summed E-state index contributed by atoms with van der Waals surface area (Å²) in [5, 5.41) is 6.79. The third-order valence-corrected chi connectivity index (χ3v) is 7.47. The molecule has 3 rings (SSSR count). The number of amides is 1. The summed E-state index contributed by atoms with van der Waals surface area (Å²) >= 11 is 0. The third-order valence-electron chi connectivity index (χ3n) is 5.41. The van der Waals surface area contributed by atoms with Crippen molar-refractivity contribution in [2.75, 3.05) is 32.5 Å². The monoisotopic (exact) mass is 446 g/mol. The molecule has 9 heteroatoms. The summed E-state index contributed by atoms with van der Waals surface area (Å²) in [4.78, 5) is 14.5. The van der Waals surface area contributed by atoms with E-state index in [-0.39, 0.29) is 35.6 Å². The number of piperidine rings is 1. The lowest BCUT2D eigenvalue weighted by atomic mass is 9.97. The first-order chi connectivity index (χ1) is 14.7. The quantitative estimate of drug-likeness (QED) is 0.702. The molecule has 1 fully saturated rings. The van der Waals surface area contributed by atoms with Gasteiger partial charge >= 0.3 is 0 Å². The van der Waals surface area contributed by atoms with Crippen LogP contribution < -0.4 is 5.32 Å². The molecule has 0 bridgehead atoms. The third kappa shape index (κ3) is 5.34. The summed E-state index contributed by atoms with van der Waals surface area (Å²) in [6.07, 6.45) is 5.18. The molecule has 1 aliphatic rings. The minimum absolute atomic E-state index is 0.0722. The molecule has 8 nitrogen and oxygen atoms in total. The molecule has 0 saturated carbocycles. The lowest BCUT2D eigenvalue weighted by molar-refractivity contribution is -0.120. The van der Waals surface area contributed by atoms with Gasteiger partial charge in [-0.2, -0.15) is 4.31 Å². The van der Waals surface area contributed by atoms with Crippen LogP contribution in [0.4, 0.5) is 5.69 Å². The van der Waals surface area contributed by atoms with Crippen LogP contribution in [0.2, 0.25) is 0 Å². The van der Waals surface area contributed by atoms with Crippen LogP contribution in [-0.2, 0) is 21.2 Å². The van der Waals surface area contributed by atoms with Crippen molar-refractivity contribution in [3.05, 3.63) is 47.5 Å². The van der Waals surface area contributed by atoms with Crippen LogP contribution in [0.25, 0.3) is 6.08 Å². The van der Waals surface area contributed by atoms with Crippen LogP contribution in [0.5, 0.6) is 0 Å². The van der Waals surface area contributed by atoms with Gasteiger partial charge in [0.2, 0.25) is 15.9 Å². The Morgan fingerprint density at radius 1 is 1.26 bits per heavy atom. The number of hydrogen-bond acceptors (Lipinski definition) is 6. The second-order valence-corrected chi connectivity index (χ2v) is 9.83. The summed E-state index contributed by atoms with van der Waals surface area (Å²) in [7, 11) is -0.0976. The van der Waals surface area contributed by atoms with Crippen molar-refractivity contribution in [1.82, 2.24) is 14.4 Å². The molecular weight excluding hydrogens is 416 g/mol. The van der Waals surface area contributed by atoms with E-state index in [1.54, 1.807) is 24.1 Å². The number of carbonyl (C=O) groups is 1. The van der Waals surface area contributed by atoms with Crippen molar-refractivity contribution >= 4 is 27.7 Å². The summed E-state index contributed by atoms with van der Waals surface area (Å²) in [5.41, 5.74) is 2.30. The molecule has 0 aliphatic carbocycles. The molecule has 1 saturated heterocycles. The number of hydrogen-bond donors (Lipinski definition) is 1. The van der Waals surface area contributed by atoms with Crippen molar-refractivity contribution < 1.29 is 17.7 Å². The summed E-state index contributed by atoms with van der Waals surface area (Å²) in [5.74, 6) is -0.0902. The van der Waals surface area contributed by atoms with Gasteiger partial charge in [-0.3, -0.25) is 4.79 Å². The lowest BCUT2D eigenvalue weighted by Crippen LogP contribution is -2.41. The van der Waals surface area contributed by atoms with E-state index in [2.05, 4.69) is 17.4 Å². The van der Waals surface area contributed by atoms with Gasteiger partial charge < -0.3 is 14.7 Å². The molecule has 1 N–H and O–H groups in total. The molecule has 0 unspecified atom stereocenters. The van der Waals surface area contributed by atoms with E-state index in [0.717, 1.165) is 12.1 Å². The molecular formula is C22H30N4O4S. The second-order valence-electron chi connectivity index (χ2n) is 7.96. The van der Waals surface area contributed by atoms with Crippen LogP contribution in [0.3, 0.4) is 0 Å². The normalized spacial score (nSPS) is 16.0. The fraction of sp³-hybridized carbons (Fsp3) is 0.455. The summed E-state index contributed by atoms with van der Waals surface area (Å²) < 4.78 is 33.1. The van der Waals surface area contributed by atoms with Crippen LogP contribution in [0.1, 0.15) is 36.8 Å². The first-order valence-corrected chi connectivity index (χ1v) is 11.9. The van der Waals surface area contributed by atoms with Crippen LogP contribution in [-0.4, -0.2) is 55.9 Å². The zero-order valence-electron chi connectivity index (χ0n) is 18.5. The predicted molar refractivity (Wildman–Crippen MR) is 120 cm³/mol. The van der Waals surface area contributed by atoms with Gasteiger partial charge in [0.15, 0.2) is 10.7 Å². The molecule has 1 aliphatic heterocycles. The Morgan fingerprint density at radius 2 is 1.90 bits per heavy atom. The summed E-state index contributed by atoms with van der Waals surface area (Å²) in [6, 6.07) is 7.78. The Balaban J connectivity index is 1.66. The number of benzene rings is 1. The molecule has 1 aromatic carbocycles. The van der Waals surface area contributed by atoms with Crippen LogP contribution in [0.15, 0.2) is 39.9 Å². The molecule has 168 valence electrons. The second kappa shape index (κ2) is 9.65. The molecule has 2 aromatic rings. The Labute approximate surface area is 183 Å². The fourth-order valence-electron chi connectivity index (χ4n) is 3.57. The van der Waals surface area contributed by atoms with Gasteiger partial charge in [0, 0.05) is 51.1 Å². The van der Waals surface area contributed by atoms with E-state index in [1.807, 2.05) is 38.4 Å². The number of rotatable bonds is 7. The smallest absolute Gasteiger partial charge is 0.248 e. The SMILES string of the molecule is CCc1ccc(NC(=O)C2CCN(S(=O)(=O)c3c(C)noc3/C=C/N(C)C)CC2)cc1. The number of aromatic nitrogens is 1. The first-order valence-electron chi connectivity index (χ1n) is 10.4. The van der Waals surface area contributed by atoms with Gasteiger partial charge in [-0.05, 0) is 43.9 Å². The maximum atomic E-state index is 13.2. The van der Waals surface area contributed by atoms with Gasteiger partial charge in [-0.1, -0.05) is 24.2 Å². The van der Waals surface area contributed by atoms with Gasteiger partial charge in [0.1, 0.15) is 5.69 Å². The molecule has 0 radical (unpaired) electrons. The number of nitrogens with one attached hydrogen (secondary N) is 1. The molecule has 31 heavy (non-hydrogen) atoms. The Hall–Kier alpha value is -2.65. The minimum atomic E-state index is -3.77. The number of sulfonamides is 1. The number of carbonyl (C=O) groups excluding carboxylic acids is 1. The van der Waals surface area contributed by atoms with Gasteiger partial charge in [-0.15, -0.1) is 0 Å². The van der Waals surface area contributed by atoms with Gasteiger partial charge in [-0.25, -0.2) is 8.42 Å². The molecule has 2 heterocycles. The number of anilines is 1. The number of aryl methyl sites for hydroxylation is 2. The van der Waals surface area contributed by atoms with E-state index in [1.165, 1.54) is 9.87 Å². The maximum Gasteiger partial charge on any atom is 0.248 e. The highest BCUT2D eigenvalue weighted by molar-refractivity contribution is 7.89. The van der Waals surface area contributed by atoms with Crippen molar-refractivity contribution in [1.29, 1.82) is 0 Å². The van der Waals surface area contributed by atoms with E-state index < -0.39 is 10.0 Å². The van der Waals surface area contributed by atoms with Crippen molar-refractivity contribution in [2.24, 2.45) is 5.92 Å². The Bertz CT molecular complexity index is 1030. The van der Waals surface area contributed by atoms with Crippen LogP contribution >= 0.6 is 0 Å². The average Bonchev–Trinajstić information content (AvgIpc) is 3.14. The Morgan fingerprint density at radius 3 is 2.48 bits per heavy atom. The largest absolute Gasteiger partial charge is 0.383 e. The molecule has 0 spiro atoms.